The van der Waals surface area contributed by atoms with Crippen molar-refractivity contribution in [3.8, 4) is 11.5 Å². The fraction of sp³-hybridized carbons (Fsp3) is 0.458. The van der Waals surface area contributed by atoms with E-state index in [0.717, 1.165) is 36.6 Å². The molecule has 154 valence electrons. The maximum absolute atomic E-state index is 13.4. The van der Waals surface area contributed by atoms with Crippen molar-refractivity contribution in [1.29, 1.82) is 0 Å². The number of amides is 1. The minimum absolute atomic E-state index is 0.0141. The molecular weight excluding hydrogens is 366 g/mol. The summed E-state index contributed by atoms with van der Waals surface area (Å²) in [5, 5.41) is 0. The van der Waals surface area contributed by atoms with E-state index in [-0.39, 0.29) is 18.1 Å². The summed E-state index contributed by atoms with van der Waals surface area (Å²) in [4.78, 5) is 15.3. The van der Waals surface area contributed by atoms with E-state index in [4.69, 9.17) is 14.2 Å². The van der Waals surface area contributed by atoms with E-state index in [1.54, 1.807) is 7.11 Å². The molecule has 0 unspecified atom stereocenters. The summed E-state index contributed by atoms with van der Waals surface area (Å²) >= 11 is 0. The third-order valence-electron chi connectivity index (χ3n) is 5.84. The van der Waals surface area contributed by atoms with Gasteiger partial charge in [0.15, 0.2) is 0 Å². The monoisotopic (exact) mass is 395 g/mol. The number of carbonyl (C=O) groups is 1. The van der Waals surface area contributed by atoms with Crippen LogP contribution in [0.3, 0.4) is 0 Å². The Balaban J connectivity index is 1.48. The number of methoxy groups -OCH3 is 1. The summed E-state index contributed by atoms with van der Waals surface area (Å²) < 4.78 is 16.7. The molecule has 1 aliphatic heterocycles. The maximum Gasteiger partial charge on any atom is 0.258 e. The first-order chi connectivity index (χ1) is 14.2. The molecule has 0 spiro atoms. The standard InChI is InChI=1S/C24H29NO4/c1-17(18-5-6-18)25(20-9-13-21(27-2)14-10-20)24(26)19-7-11-22(12-8-19)29-16-23-4-3-15-28-23/h7-14,17-18,23H,3-6,15-16H2,1-2H3/t17-,23+/m0/s1. The maximum atomic E-state index is 13.4. The Labute approximate surface area is 172 Å². The number of hydrogen-bond donors (Lipinski definition) is 0. The summed E-state index contributed by atoms with van der Waals surface area (Å²) in [6.45, 7) is 3.52. The molecule has 1 aliphatic carbocycles. The molecular formula is C24H29NO4. The van der Waals surface area contributed by atoms with Gasteiger partial charge in [-0.2, -0.15) is 0 Å². The van der Waals surface area contributed by atoms with Crippen LogP contribution in [0.15, 0.2) is 48.5 Å². The normalized spacial score (nSPS) is 19.6. The first-order valence-electron chi connectivity index (χ1n) is 10.5. The number of ether oxygens (including phenoxy) is 3. The molecule has 0 bridgehead atoms. The fourth-order valence-electron chi connectivity index (χ4n) is 3.87. The number of carbonyl (C=O) groups excluding carboxylic acids is 1. The van der Waals surface area contributed by atoms with Gasteiger partial charge >= 0.3 is 0 Å². The molecule has 2 atom stereocenters. The van der Waals surface area contributed by atoms with E-state index in [1.165, 1.54) is 12.8 Å². The van der Waals surface area contributed by atoms with E-state index < -0.39 is 0 Å². The molecule has 4 rings (SSSR count). The van der Waals surface area contributed by atoms with Crippen molar-refractivity contribution in [2.24, 2.45) is 5.92 Å². The van der Waals surface area contributed by atoms with Crippen LogP contribution >= 0.6 is 0 Å². The topological polar surface area (TPSA) is 48.0 Å². The lowest BCUT2D eigenvalue weighted by Gasteiger charge is -2.30. The van der Waals surface area contributed by atoms with Crippen molar-refractivity contribution in [3.63, 3.8) is 0 Å². The summed E-state index contributed by atoms with van der Waals surface area (Å²) in [6.07, 6.45) is 4.68. The molecule has 1 saturated heterocycles. The van der Waals surface area contributed by atoms with Gasteiger partial charge in [-0.3, -0.25) is 4.79 Å². The minimum atomic E-state index is 0.0141. The van der Waals surface area contributed by atoms with E-state index in [0.29, 0.717) is 18.1 Å². The molecule has 1 saturated carbocycles. The van der Waals surface area contributed by atoms with Crippen LogP contribution < -0.4 is 14.4 Å². The average molecular weight is 395 g/mol. The van der Waals surface area contributed by atoms with Gasteiger partial charge < -0.3 is 19.1 Å². The Kier molecular flexibility index (Phi) is 6.05. The fourth-order valence-corrected chi connectivity index (χ4v) is 3.87. The Hall–Kier alpha value is -2.53. The molecule has 2 aromatic rings. The number of rotatable bonds is 8. The molecule has 0 aromatic heterocycles. The van der Waals surface area contributed by atoms with Crippen LogP contribution in [0.25, 0.3) is 0 Å². The van der Waals surface area contributed by atoms with Crippen molar-refractivity contribution in [2.75, 3.05) is 25.2 Å². The van der Waals surface area contributed by atoms with Crippen LogP contribution in [0, 0.1) is 5.92 Å². The Morgan fingerprint density at radius 1 is 1.07 bits per heavy atom. The van der Waals surface area contributed by atoms with Gasteiger partial charge in [-0.25, -0.2) is 0 Å². The van der Waals surface area contributed by atoms with Crippen molar-refractivity contribution in [2.45, 2.75) is 44.8 Å². The molecule has 0 N–H and O–H groups in total. The molecule has 29 heavy (non-hydrogen) atoms. The van der Waals surface area contributed by atoms with Crippen molar-refractivity contribution >= 4 is 11.6 Å². The molecule has 5 heteroatoms. The van der Waals surface area contributed by atoms with Crippen LogP contribution in [0.2, 0.25) is 0 Å². The second kappa shape index (κ2) is 8.87. The number of nitrogens with zero attached hydrogens (tertiary/aromatic N) is 1. The highest BCUT2D eigenvalue weighted by Gasteiger charge is 2.35. The Bertz CT molecular complexity index is 808. The van der Waals surface area contributed by atoms with Gasteiger partial charge in [0.25, 0.3) is 5.91 Å². The Morgan fingerprint density at radius 3 is 2.34 bits per heavy atom. The lowest BCUT2D eigenvalue weighted by molar-refractivity contribution is 0.0679. The van der Waals surface area contributed by atoms with Gasteiger partial charge in [0.2, 0.25) is 0 Å². The van der Waals surface area contributed by atoms with E-state index in [2.05, 4.69) is 6.92 Å². The van der Waals surface area contributed by atoms with Crippen LogP contribution in [0.1, 0.15) is 43.0 Å². The predicted molar refractivity (Wildman–Crippen MR) is 113 cm³/mol. The quantitative estimate of drug-likeness (QED) is 0.650. The first kappa shape index (κ1) is 19.8. The zero-order valence-corrected chi connectivity index (χ0v) is 17.2. The second-order valence-corrected chi connectivity index (χ2v) is 7.92. The van der Waals surface area contributed by atoms with E-state index >= 15 is 0 Å². The second-order valence-electron chi connectivity index (χ2n) is 7.92. The molecule has 0 radical (unpaired) electrons. The van der Waals surface area contributed by atoms with E-state index in [1.807, 2.05) is 53.4 Å². The smallest absolute Gasteiger partial charge is 0.258 e. The summed E-state index contributed by atoms with van der Waals surface area (Å²) in [7, 11) is 1.65. The first-order valence-corrected chi connectivity index (χ1v) is 10.5. The van der Waals surface area contributed by atoms with Crippen LogP contribution in [0.4, 0.5) is 5.69 Å². The molecule has 2 aliphatic rings. The van der Waals surface area contributed by atoms with Gasteiger partial charge in [0, 0.05) is 23.9 Å². The third-order valence-corrected chi connectivity index (χ3v) is 5.84. The molecule has 5 nitrogen and oxygen atoms in total. The van der Waals surface area contributed by atoms with Gasteiger partial charge in [0.1, 0.15) is 18.1 Å². The third kappa shape index (κ3) is 4.73. The lowest BCUT2D eigenvalue weighted by Crippen LogP contribution is -2.40. The molecule has 2 fully saturated rings. The number of hydrogen-bond acceptors (Lipinski definition) is 4. The van der Waals surface area contributed by atoms with Gasteiger partial charge in [-0.15, -0.1) is 0 Å². The predicted octanol–water partition coefficient (Wildman–Crippen LogP) is 4.70. The van der Waals surface area contributed by atoms with Crippen LogP contribution in [0.5, 0.6) is 11.5 Å². The average Bonchev–Trinajstić information content (AvgIpc) is 3.49. The van der Waals surface area contributed by atoms with E-state index in [9.17, 15) is 4.79 Å². The number of anilines is 1. The Morgan fingerprint density at radius 2 is 1.76 bits per heavy atom. The SMILES string of the molecule is COc1ccc(N(C(=O)c2ccc(OC[C@H]3CCCO3)cc2)[C@@H](C)C2CC2)cc1. The minimum Gasteiger partial charge on any atom is -0.497 e. The highest BCUT2D eigenvalue weighted by molar-refractivity contribution is 6.06. The number of benzene rings is 2. The summed E-state index contributed by atoms with van der Waals surface area (Å²) in [6, 6.07) is 15.3. The van der Waals surface area contributed by atoms with Gasteiger partial charge in [-0.05, 0) is 87.1 Å². The zero-order chi connectivity index (χ0) is 20.2. The van der Waals surface area contributed by atoms with Crippen molar-refractivity contribution < 1.29 is 19.0 Å². The van der Waals surface area contributed by atoms with Crippen molar-refractivity contribution in [1.82, 2.24) is 0 Å². The summed E-state index contributed by atoms with van der Waals surface area (Å²) in [5.41, 5.74) is 1.56. The van der Waals surface area contributed by atoms with Gasteiger partial charge in [0.05, 0.1) is 13.2 Å². The van der Waals surface area contributed by atoms with Crippen LogP contribution in [-0.4, -0.2) is 38.4 Å². The van der Waals surface area contributed by atoms with Gasteiger partial charge in [-0.1, -0.05) is 0 Å². The highest BCUT2D eigenvalue weighted by atomic mass is 16.5. The highest BCUT2D eigenvalue weighted by Crippen LogP contribution is 2.38. The molecule has 2 aromatic carbocycles. The van der Waals surface area contributed by atoms with Crippen LogP contribution in [-0.2, 0) is 4.74 Å². The zero-order valence-electron chi connectivity index (χ0n) is 17.2. The largest absolute Gasteiger partial charge is 0.497 e. The molecule has 1 amide bonds. The lowest BCUT2D eigenvalue weighted by atomic mass is 10.1. The summed E-state index contributed by atoms with van der Waals surface area (Å²) in [5.74, 6) is 2.13. The van der Waals surface area contributed by atoms with Crippen molar-refractivity contribution in [3.05, 3.63) is 54.1 Å². The molecule has 1 heterocycles.